The Hall–Kier alpha value is -0.830. The molecule has 15 heavy (non-hydrogen) atoms. The number of hydrogen-bond donors (Lipinski definition) is 1. The fourth-order valence-electron chi connectivity index (χ4n) is 1.90. The summed E-state index contributed by atoms with van der Waals surface area (Å²) in [6.07, 6.45) is 4.13. The van der Waals surface area contributed by atoms with Gasteiger partial charge >= 0.3 is 0 Å². The highest BCUT2D eigenvalue weighted by atomic mass is 16.2. The fourth-order valence-corrected chi connectivity index (χ4v) is 1.90. The average Bonchev–Trinajstić information content (AvgIpc) is 2.26. The number of piperidine rings is 1. The molecule has 3 heteroatoms. The first-order valence-electron chi connectivity index (χ1n) is 5.77. The third-order valence-electron chi connectivity index (χ3n) is 3.17. The summed E-state index contributed by atoms with van der Waals surface area (Å²) in [6.45, 7) is 10.5. The van der Waals surface area contributed by atoms with E-state index < -0.39 is 0 Å². The van der Waals surface area contributed by atoms with E-state index in [1.54, 1.807) is 6.08 Å². The van der Waals surface area contributed by atoms with Crippen LogP contribution in [-0.2, 0) is 4.79 Å². The van der Waals surface area contributed by atoms with Crippen LogP contribution in [0.5, 0.6) is 0 Å². The largest absolute Gasteiger partial charge is 0.351 e. The van der Waals surface area contributed by atoms with Crippen LogP contribution in [0, 0.1) is 5.92 Å². The van der Waals surface area contributed by atoms with Crippen molar-refractivity contribution in [1.82, 2.24) is 10.2 Å². The Balaban J connectivity index is 2.35. The summed E-state index contributed by atoms with van der Waals surface area (Å²) in [6, 6.07) is -0.00236. The molecule has 1 aliphatic heterocycles. The van der Waals surface area contributed by atoms with Gasteiger partial charge in [0.1, 0.15) is 0 Å². The number of hydrogen-bond acceptors (Lipinski definition) is 2. The summed E-state index contributed by atoms with van der Waals surface area (Å²) in [5, 5.41) is 2.84. The minimum absolute atomic E-state index is 0.00236. The molecule has 86 valence electrons. The number of rotatable bonds is 4. The summed E-state index contributed by atoms with van der Waals surface area (Å²) < 4.78 is 0. The van der Waals surface area contributed by atoms with Crippen molar-refractivity contribution in [2.24, 2.45) is 5.92 Å². The van der Waals surface area contributed by atoms with Gasteiger partial charge in [-0.25, -0.2) is 0 Å². The Kier molecular flexibility index (Phi) is 4.82. The molecule has 0 spiro atoms. The molecule has 1 N–H and O–H groups in total. The molecular weight excluding hydrogens is 188 g/mol. The van der Waals surface area contributed by atoms with Gasteiger partial charge in [-0.3, -0.25) is 9.69 Å². The van der Waals surface area contributed by atoms with Crippen LogP contribution in [0.4, 0.5) is 0 Å². The Morgan fingerprint density at radius 3 is 2.73 bits per heavy atom. The van der Waals surface area contributed by atoms with Gasteiger partial charge in [-0.05, 0) is 38.8 Å². The van der Waals surface area contributed by atoms with E-state index in [0.29, 0.717) is 6.54 Å². The molecule has 3 nitrogen and oxygen atoms in total. The highest BCUT2D eigenvalue weighted by molar-refractivity contribution is 5.81. The first-order chi connectivity index (χ1) is 7.15. The summed E-state index contributed by atoms with van der Waals surface area (Å²) in [5.74, 6) is 0.925. The first kappa shape index (κ1) is 12.2. The van der Waals surface area contributed by atoms with Gasteiger partial charge in [0.15, 0.2) is 0 Å². The number of nitrogens with one attached hydrogen (secondary N) is 1. The maximum Gasteiger partial charge on any atom is 0.237 e. The topological polar surface area (TPSA) is 32.3 Å². The summed E-state index contributed by atoms with van der Waals surface area (Å²) in [4.78, 5) is 13.9. The van der Waals surface area contributed by atoms with Crippen molar-refractivity contribution in [1.29, 1.82) is 0 Å². The van der Waals surface area contributed by atoms with Gasteiger partial charge in [-0.15, -0.1) is 6.58 Å². The van der Waals surface area contributed by atoms with E-state index in [0.717, 1.165) is 19.0 Å². The molecule has 1 saturated heterocycles. The molecule has 0 radical (unpaired) electrons. The molecule has 1 aliphatic rings. The molecule has 1 atom stereocenters. The normalized spacial score (nSPS) is 20.9. The summed E-state index contributed by atoms with van der Waals surface area (Å²) in [5.41, 5.74) is 0. The maximum absolute atomic E-state index is 11.7. The first-order valence-corrected chi connectivity index (χ1v) is 5.77. The zero-order valence-corrected chi connectivity index (χ0v) is 9.83. The van der Waals surface area contributed by atoms with E-state index in [2.05, 4.69) is 23.7 Å². The van der Waals surface area contributed by atoms with Gasteiger partial charge in [0.2, 0.25) is 5.91 Å². The molecule has 1 rings (SSSR count). The van der Waals surface area contributed by atoms with Crippen molar-refractivity contribution >= 4 is 5.91 Å². The Morgan fingerprint density at radius 1 is 1.60 bits per heavy atom. The molecular formula is C12H22N2O. The molecule has 0 aliphatic carbocycles. The van der Waals surface area contributed by atoms with E-state index in [1.165, 1.54) is 12.8 Å². The standard InChI is InChI=1S/C12H22N2O/c1-4-7-13-12(15)11(3)14-8-5-10(2)6-9-14/h4,10-11H,1,5-9H2,2-3H3,(H,13,15). The molecule has 1 fully saturated rings. The third-order valence-corrected chi connectivity index (χ3v) is 3.17. The molecule has 0 aromatic heterocycles. The number of carbonyl (C=O) groups excluding carboxylic acids is 1. The molecule has 1 heterocycles. The summed E-state index contributed by atoms with van der Waals surface area (Å²) >= 11 is 0. The van der Waals surface area contributed by atoms with Crippen molar-refractivity contribution in [3.05, 3.63) is 12.7 Å². The van der Waals surface area contributed by atoms with Crippen LogP contribution in [0.1, 0.15) is 26.7 Å². The van der Waals surface area contributed by atoms with Crippen LogP contribution in [0.25, 0.3) is 0 Å². The lowest BCUT2D eigenvalue weighted by molar-refractivity contribution is -0.126. The average molecular weight is 210 g/mol. The van der Waals surface area contributed by atoms with Gasteiger partial charge in [-0.2, -0.15) is 0 Å². The zero-order chi connectivity index (χ0) is 11.3. The molecule has 1 unspecified atom stereocenters. The van der Waals surface area contributed by atoms with E-state index in [9.17, 15) is 4.79 Å². The molecule has 0 saturated carbocycles. The van der Waals surface area contributed by atoms with Crippen LogP contribution >= 0.6 is 0 Å². The highest BCUT2D eigenvalue weighted by Gasteiger charge is 2.24. The summed E-state index contributed by atoms with van der Waals surface area (Å²) in [7, 11) is 0. The lowest BCUT2D eigenvalue weighted by atomic mass is 9.98. The number of nitrogens with zero attached hydrogens (tertiary/aromatic N) is 1. The molecule has 0 aromatic carbocycles. The number of amides is 1. The highest BCUT2D eigenvalue weighted by Crippen LogP contribution is 2.17. The van der Waals surface area contributed by atoms with E-state index in [4.69, 9.17) is 0 Å². The Labute approximate surface area is 92.5 Å². The van der Waals surface area contributed by atoms with Gasteiger partial charge in [0.05, 0.1) is 6.04 Å². The third kappa shape index (κ3) is 3.67. The zero-order valence-electron chi connectivity index (χ0n) is 9.83. The van der Waals surface area contributed by atoms with E-state index in [1.807, 2.05) is 6.92 Å². The van der Waals surface area contributed by atoms with Gasteiger partial charge in [0.25, 0.3) is 0 Å². The predicted octanol–water partition coefficient (Wildman–Crippen LogP) is 1.41. The lowest BCUT2D eigenvalue weighted by Crippen LogP contribution is -2.48. The SMILES string of the molecule is C=CCNC(=O)C(C)N1CCC(C)CC1. The van der Waals surface area contributed by atoms with Crippen molar-refractivity contribution < 1.29 is 4.79 Å². The Morgan fingerprint density at radius 2 is 2.20 bits per heavy atom. The molecule has 0 aromatic rings. The van der Waals surface area contributed by atoms with Gasteiger partial charge in [-0.1, -0.05) is 13.0 Å². The second kappa shape index (κ2) is 5.91. The molecule has 1 amide bonds. The van der Waals surface area contributed by atoms with Crippen molar-refractivity contribution in [2.45, 2.75) is 32.7 Å². The molecule has 0 bridgehead atoms. The van der Waals surface area contributed by atoms with Crippen molar-refractivity contribution in [2.75, 3.05) is 19.6 Å². The van der Waals surface area contributed by atoms with Crippen molar-refractivity contribution in [3.63, 3.8) is 0 Å². The number of likely N-dealkylation sites (tertiary alicyclic amines) is 1. The number of carbonyl (C=O) groups is 1. The second-order valence-corrected chi connectivity index (χ2v) is 4.43. The monoisotopic (exact) mass is 210 g/mol. The predicted molar refractivity (Wildman–Crippen MR) is 62.6 cm³/mol. The van der Waals surface area contributed by atoms with Crippen LogP contribution in [-0.4, -0.2) is 36.5 Å². The van der Waals surface area contributed by atoms with E-state index >= 15 is 0 Å². The van der Waals surface area contributed by atoms with Gasteiger partial charge < -0.3 is 5.32 Å². The minimum Gasteiger partial charge on any atom is -0.351 e. The quantitative estimate of drug-likeness (QED) is 0.712. The van der Waals surface area contributed by atoms with Crippen LogP contribution < -0.4 is 5.32 Å². The second-order valence-electron chi connectivity index (χ2n) is 4.43. The lowest BCUT2D eigenvalue weighted by Gasteiger charge is -2.34. The van der Waals surface area contributed by atoms with E-state index in [-0.39, 0.29) is 11.9 Å². The van der Waals surface area contributed by atoms with Crippen LogP contribution in [0.3, 0.4) is 0 Å². The van der Waals surface area contributed by atoms with Crippen molar-refractivity contribution in [3.8, 4) is 0 Å². The maximum atomic E-state index is 11.7. The van der Waals surface area contributed by atoms with Gasteiger partial charge in [0, 0.05) is 6.54 Å². The fraction of sp³-hybridized carbons (Fsp3) is 0.750. The smallest absolute Gasteiger partial charge is 0.237 e. The minimum atomic E-state index is -0.00236. The van der Waals surface area contributed by atoms with Crippen LogP contribution in [0.2, 0.25) is 0 Å². The Bertz CT molecular complexity index is 220. The van der Waals surface area contributed by atoms with Crippen LogP contribution in [0.15, 0.2) is 12.7 Å².